The molecule has 94 valence electrons. The van der Waals surface area contributed by atoms with Gasteiger partial charge in [-0.1, -0.05) is 35.3 Å². The molecule has 2 aromatic carbocycles. The van der Waals surface area contributed by atoms with Gasteiger partial charge in [0.2, 0.25) is 0 Å². The first kappa shape index (κ1) is 13.8. The summed E-state index contributed by atoms with van der Waals surface area (Å²) in [4.78, 5) is 0. The second-order valence-corrected chi connectivity index (χ2v) is 5.48. The van der Waals surface area contributed by atoms with Crippen molar-refractivity contribution in [3.8, 4) is 0 Å². The van der Waals surface area contributed by atoms with Crippen LogP contribution in [0, 0.1) is 5.82 Å². The van der Waals surface area contributed by atoms with Crippen LogP contribution in [0.2, 0.25) is 10.0 Å². The van der Waals surface area contributed by atoms with Crippen LogP contribution in [0.15, 0.2) is 40.9 Å². The lowest BCUT2D eigenvalue weighted by Gasteiger charge is -2.16. The van der Waals surface area contributed by atoms with Crippen molar-refractivity contribution in [3.63, 3.8) is 0 Å². The van der Waals surface area contributed by atoms with Gasteiger partial charge in [0.05, 0.1) is 10.5 Å². The molecule has 0 saturated carbocycles. The number of nitrogens with two attached hydrogens (primary N) is 1. The average molecular weight is 349 g/mol. The van der Waals surface area contributed by atoms with Gasteiger partial charge in [0.15, 0.2) is 0 Å². The van der Waals surface area contributed by atoms with Crippen molar-refractivity contribution < 1.29 is 4.39 Å². The van der Waals surface area contributed by atoms with Gasteiger partial charge in [0, 0.05) is 15.6 Å². The van der Waals surface area contributed by atoms with E-state index < -0.39 is 6.04 Å². The number of benzene rings is 2. The molecule has 0 aliphatic carbocycles. The zero-order chi connectivity index (χ0) is 13.3. The van der Waals surface area contributed by atoms with E-state index in [1.807, 2.05) is 0 Å². The van der Waals surface area contributed by atoms with Crippen LogP contribution in [-0.4, -0.2) is 0 Å². The highest BCUT2D eigenvalue weighted by Gasteiger charge is 2.18. The minimum Gasteiger partial charge on any atom is -0.320 e. The zero-order valence-corrected chi connectivity index (χ0v) is 12.2. The monoisotopic (exact) mass is 347 g/mol. The summed E-state index contributed by atoms with van der Waals surface area (Å²) >= 11 is 15.1. The molecule has 0 aromatic heterocycles. The second kappa shape index (κ2) is 5.57. The Morgan fingerprint density at radius 1 is 1.11 bits per heavy atom. The fourth-order valence-electron chi connectivity index (χ4n) is 1.68. The summed E-state index contributed by atoms with van der Waals surface area (Å²) in [6.07, 6.45) is 0. The molecule has 0 amide bonds. The van der Waals surface area contributed by atoms with E-state index in [2.05, 4.69) is 15.9 Å². The average Bonchev–Trinajstić information content (AvgIpc) is 2.35. The maximum Gasteiger partial charge on any atom is 0.142 e. The van der Waals surface area contributed by atoms with Crippen LogP contribution in [0.3, 0.4) is 0 Å². The third-order valence-electron chi connectivity index (χ3n) is 2.61. The molecule has 2 rings (SSSR count). The van der Waals surface area contributed by atoms with Gasteiger partial charge in [-0.05, 0) is 45.8 Å². The van der Waals surface area contributed by atoms with Crippen molar-refractivity contribution in [2.24, 2.45) is 5.73 Å². The van der Waals surface area contributed by atoms with Gasteiger partial charge in [-0.3, -0.25) is 0 Å². The molecule has 0 bridgehead atoms. The van der Waals surface area contributed by atoms with Gasteiger partial charge in [-0.15, -0.1) is 0 Å². The molecule has 0 aliphatic heterocycles. The molecule has 5 heteroatoms. The smallest absolute Gasteiger partial charge is 0.142 e. The Kier molecular flexibility index (Phi) is 4.28. The minimum absolute atomic E-state index is 0.369. The summed E-state index contributed by atoms with van der Waals surface area (Å²) in [6.45, 7) is 0. The van der Waals surface area contributed by atoms with Crippen LogP contribution in [-0.2, 0) is 0 Å². The summed E-state index contributed by atoms with van der Waals surface area (Å²) < 4.78 is 14.3. The van der Waals surface area contributed by atoms with Crippen molar-refractivity contribution in [2.75, 3.05) is 0 Å². The lowest BCUT2D eigenvalue weighted by Crippen LogP contribution is -2.14. The molecule has 0 saturated heterocycles. The van der Waals surface area contributed by atoms with Gasteiger partial charge in [-0.2, -0.15) is 0 Å². The maximum atomic E-state index is 14.0. The van der Waals surface area contributed by atoms with Crippen LogP contribution in [0.4, 0.5) is 4.39 Å². The molecule has 0 fully saturated rings. The van der Waals surface area contributed by atoms with Gasteiger partial charge < -0.3 is 5.73 Å². The van der Waals surface area contributed by atoms with Crippen LogP contribution < -0.4 is 5.73 Å². The number of halogens is 4. The van der Waals surface area contributed by atoms with E-state index in [4.69, 9.17) is 28.9 Å². The zero-order valence-electron chi connectivity index (χ0n) is 9.13. The first-order valence-electron chi connectivity index (χ1n) is 5.15. The normalized spacial score (nSPS) is 12.5. The van der Waals surface area contributed by atoms with E-state index in [9.17, 15) is 4.39 Å². The third-order valence-corrected chi connectivity index (χ3v) is 3.80. The summed E-state index contributed by atoms with van der Waals surface area (Å²) in [7, 11) is 0. The maximum absolute atomic E-state index is 14.0. The highest BCUT2D eigenvalue weighted by atomic mass is 79.9. The lowest BCUT2D eigenvalue weighted by molar-refractivity contribution is 0.593. The van der Waals surface area contributed by atoms with Crippen LogP contribution in [0.1, 0.15) is 17.2 Å². The summed E-state index contributed by atoms with van der Waals surface area (Å²) in [6, 6.07) is 9.27. The quantitative estimate of drug-likeness (QED) is 0.816. The van der Waals surface area contributed by atoms with E-state index in [0.717, 1.165) is 0 Å². The van der Waals surface area contributed by atoms with Crippen LogP contribution >= 0.6 is 39.1 Å². The largest absolute Gasteiger partial charge is 0.320 e. The van der Waals surface area contributed by atoms with E-state index in [1.165, 1.54) is 0 Å². The molecular weight excluding hydrogens is 340 g/mol. The lowest BCUT2D eigenvalue weighted by atomic mass is 9.99. The summed E-state index contributed by atoms with van der Waals surface area (Å²) in [5.74, 6) is -0.388. The van der Waals surface area contributed by atoms with Crippen molar-refractivity contribution >= 4 is 39.1 Å². The predicted molar refractivity (Wildman–Crippen MR) is 76.6 cm³/mol. The van der Waals surface area contributed by atoms with E-state index >= 15 is 0 Å². The molecule has 0 heterocycles. The molecule has 0 spiro atoms. The van der Waals surface area contributed by atoms with Crippen molar-refractivity contribution in [1.82, 2.24) is 0 Å². The molecule has 0 radical (unpaired) electrons. The summed E-state index contributed by atoms with van der Waals surface area (Å²) in [5.41, 5.74) is 7.02. The second-order valence-electron chi connectivity index (χ2n) is 3.79. The predicted octanol–water partition coefficient (Wildman–Crippen LogP) is 4.94. The molecule has 1 atom stereocenters. The fraction of sp³-hybridized carbons (Fsp3) is 0.0769. The number of hydrogen-bond donors (Lipinski definition) is 1. The van der Waals surface area contributed by atoms with E-state index in [1.54, 1.807) is 36.4 Å². The van der Waals surface area contributed by atoms with Crippen molar-refractivity contribution in [3.05, 3.63) is 67.9 Å². The molecule has 1 unspecified atom stereocenters. The molecule has 18 heavy (non-hydrogen) atoms. The molecule has 2 N–H and O–H groups in total. The van der Waals surface area contributed by atoms with Gasteiger partial charge in [-0.25, -0.2) is 4.39 Å². The highest BCUT2D eigenvalue weighted by molar-refractivity contribution is 9.10. The Bertz CT molecular complexity index is 587. The molecular formula is C13H9BrCl2FN. The van der Waals surface area contributed by atoms with E-state index in [-0.39, 0.29) is 5.82 Å². The third kappa shape index (κ3) is 2.69. The van der Waals surface area contributed by atoms with Gasteiger partial charge >= 0.3 is 0 Å². The highest BCUT2D eigenvalue weighted by Crippen LogP contribution is 2.32. The Balaban J connectivity index is 2.51. The van der Waals surface area contributed by atoms with Crippen molar-refractivity contribution in [1.29, 1.82) is 0 Å². The van der Waals surface area contributed by atoms with Crippen LogP contribution in [0.25, 0.3) is 0 Å². The summed E-state index contributed by atoms with van der Waals surface area (Å²) in [5, 5.41) is 0.978. The topological polar surface area (TPSA) is 26.0 Å². The van der Waals surface area contributed by atoms with Crippen molar-refractivity contribution in [2.45, 2.75) is 6.04 Å². The molecule has 2 aromatic rings. The Hall–Kier alpha value is -0.610. The Morgan fingerprint density at radius 2 is 1.83 bits per heavy atom. The first-order valence-corrected chi connectivity index (χ1v) is 6.70. The van der Waals surface area contributed by atoms with E-state index in [0.29, 0.717) is 25.6 Å². The number of hydrogen-bond acceptors (Lipinski definition) is 1. The van der Waals surface area contributed by atoms with Gasteiger partial charge in [0.25, 0.3) is 0 Å². The Labute approximate surface area is 123 Å². The minimum atomic E-state index is -0.659. The van der Waals surface area contributed by atoms with Crippen LogP contribution in [0.5, 0.6) is 0 Å². The molecule has 0 aliphatic rings. The number of rotatable bonds is 2. The first-order chi connectivity index (χ1) is 8.50. The standard InChI is InChI=1S/C13H9BrCl2FN/c14-10-3-1-2-8(12(10)17)13(18)9-6-7(15)4-5-11(9)16/h1-6,13H,18H2. The Morgan fingerprint density at radius 3 is 2.56 bits per heavy atom. The SMILES string of the molecule is NC(c1cc(Cl)ccc1Cl)c1cccc(Br)c1F. The fourth-order valence-corrected chi connectivity index (χ4v) is 2.48. The van der Waals surface area contributed by atoms with Gasteiger partial charge in [0.1, 0.15) is 5.82 Å². The molecule has 1 nitrogen and oxygen atoms in total.